The molecular weight excluding hydrogens is 194 g/mol. The highest BCUT2D eigenvalue weighted by Crippen LogP contribution is 2.51. The van der Waals surface area contributed by atoms with E-state index in [1.165, 1.54) is 0 Å². The van der Waals surface area contributed by atoms with Gasteiger partial charge >= 0.3 is 16.1 Å². The van der Waals surface area contributed by atoms with Crippen LogP contribution in [0.5, 0.6) is 0 Å². The molecule has 0 amide bonds. The molecule has 11 heavy (non-hydrogen) atoms. The van der Waals surface area contributed by atoms with Crippen molar-refractivity contribution in [1.29, 1.82) is 0 Å². The summed E-state index contributed by atoms with van der Waals surface area (Å²) >= 11 is 0. The molecule has 0 radical (unpaired) electrons. The minimum atomic E-state index is -4.15. The standard InChI is InChI=1S/C2H6O6P2.CH4/c1-6-9(3)8-10(4,5)7-2;/h1-2H3;1H4/p+1. The van der Waals surface area contributed by atoms with Gasteiger partial charge in [-0.15, -0.1) is 4.52 Å². The van der Waals surface area contributed by atoms with Crippen molar-refractivity contribution in [2.24, 2.45) is 0 Å². The lowest BCUT2D eigenvalue weighted by molar-refractivity contribution is 0.230. The van der Waals surface area contributed by atoms with E-state index in [0.717, 1.165) is 14.2 Å². The van der Waals surface area contributed by atoms with Crippen LogP contribution in [0.3, 0.4) is 0 Å². The molecule has 0 aliphatic heterocycles. The van der Waals surface area contributed by atoms with Crippen molar-refractivity contribution in [3.8, 4) is 0 Å². The van der Waals surface area contributed by atoms with Gasteiger partial charge in [0.25, 0.3) is 0 Å². The van der Waals surface area contributed by atoms with E-state index in [0.29, 0.717) is 0 Å². The third-order valence-corrected chi connectivity index (χ3v) is 2.67. The second-order valence-electron chi connectivity index (χ2n) is 1.14. The zero-order valence-electron chi connectivity index (χ0n) is 5.38. The van der Waals surface area contributed by atoms with E-state index in [2.05, 4.69) is 13.4 Å². The van der Waals surface area contributed by atoms with Crippen LogP contribution in [0.25, 0.3) is 0 Å². The van der Waals surface area contributed by atoms with Crippen molar-refractivity contribution in [2.75, 3.05) is 14.2 Å². The molecule has 0 bridgehead atoms. The fourth-order valence-electron chi connectivity index (χ4n) is 0.151. The van der Waals surface area contributed by atoms with E-state index in [1.54, 1.807) is 0 Å². The fourth-order valence-corrected chi connectivity index (χ4v) is 1.36. The van der Waals surface area contributed by atoms with Crippen LogP contribution >= 0.6 is 16.1 Å². The molecule has 1 N–H and O–H groups in total. The first-order chi connectivity index (χ1) is 4.52. The Balaban J connectivity index is 0. The average Bonchev–Trinajstić information content (AvgIpc) is 1.87. The molecule has 0 fully saturated rings. The van der Waals surface area contributed by atoms with Gasteiger partial charge in [-0.1, -0.05) is 7.43 Å². The number of phosphoric acid groups is 1. The summed E-state index contributed by atoms with van der Waals surface area (Å²) in [6, 6.07) is 0. The lowest BCUT2D eigenvalue weighted by Gasteiger charge is -1.96. The average molecular weight is 205 g/mol. The Labute approximate surface area is 66.0 Å². The second-order valence-corrected chi connectivity index (χ2v) is 3.91. The topological polar surface area (TPSA) is 82.1 Å². The molecular formula is C3H11O6P2+. The van der Waals surface area contributed by atoms with Crippen LogP contribution in [-0.2, 0) is 22.5 Å². The van der Waals surface area contributed by atoms with Gasteiger partial charge < -0.3 is 0 Å². The minimum absolute atomic E-state index is 0. The van der Waals surface area contributed by atoms with Crippen LogP contribution in [0.4, 0.5) is 0 Å². The highest BCUT2D eigenvalue weighted by atomic mass is 31.2. The van der Waals surface area contributed by atoms with E-state index in [-0.39, 0.29) is 7.43 Å². The Morgan fingerprint density at radius 1 is 1.45 bits per heavy atom. The second kappa shape index (κ2) is 5.77. The zero-order chi connectivity index (χ0) is 8.20. The molecule has 0 spiro atoms. The molecule has 0 aromatic carbocycles. The number of hydrogen-bond acceptors (Lipinski definition) is 5. The maximum absolute atomic E-state index is 10.4. The number of hydrogen-bond donors (Lipinski definition) is 1. The van der Waals surface area contributed by atoms with Crippen LogP contribution in [0.2, 0.25) is 0 Å². The van der Waals surface area contributed by atoms with Crippen molar-refractivity contribution < 1.29 is 27.4 Å². The van der Waals surface area contributed by atoms with Gasteiger partial charge in [0.2, 0.25) is 0 Å². The zero-order valence-corrected chi connectivity index (χ0v) is 7.17. The predicted molar refractivity (Wildman–Crippen MR) is 39.3 cm³/mol. The Hall–Kier alpha value is 0.170. The summed E-state index contributed by atoms with van der Waals surface area (Å²) in [5, 5.41) is 0. The first-order valence-corrected chi connectivity index (χ1v) is 4.70. The maximum atomic E-state index is 10.4. The predicted octanol–water partition coefficient (Wildman–Crippen LogP) is 1.69. The van der Waals surface area contributed by atoms with Gasteiger partial charge in [-0.2, -0.15) is 0 Å². The van der Waals surface area contributed by atoms with Crippen LogP contribution in [-0.4, -0.2) is 19.1 Å². The first kappa shape index (κ1) is 13.7. The molecule has 0 rings (SSSR count). The quantitative estimate of drug-likeness (QED) is 0.703. The molecule has 6 nitrogen and oxygen atoms in total. The van der Waals surface area contributed by atoms with E-state index in [9.17, 15) is 9.13 Å². The van der Waals surface area contributed by atoms with Gasteiger partial charge in [-0.05, 0) is 4.31 Å². The summed E-state index contributed by atoms with van der Waals surface area (Å²) < 4.78 is 32.6. The molecule has 8 heteroatoms. The van der Waals surface area contributed by atoms with Gasteiger partial charge in [0, 0.05) is 11.7 Å². The summed E-state index contributed by atoms with van der Waals surface area (Å²) in [4.78, 5) is 8.47. The van der Waals surface area contributed by atoms with Crippen molar-refractivity contribution in [2.45, 2.75) is 7.43 Å². The maximum Gasteiger partial charge on any atom is 0.708 e. The molecule has 68 valence electrons. The van der Waals surface area contributed by atoms with Crippen molar-refractivity contribution in [3.05, 3.63) is 0 Å². The summed E-state index contributed by atoms with van der Waals surface area (Å²) in [6.45, 7) is 0. The third-order valence-electron chi connectivity index (χ3n) is 0.550. The van der Waals surface area contributed by atoms with E-state index in [1.807, 2.05) is 0 Å². The van der Waals surface area contributed by atoms with Gasteiger partial charge in [0.15, 0.2) is 0 Å². The third kappa shape index (κ3) is 6.56. The van der Waals surface area contributed by atoms with Crippen LogP contribution in [0.15, 0.2) is 0 Å². The monoisotopic (exact) mass is 205 g/mol. The van der Waals surface area contributed by atoms with Gasteiger partial charge in [-0.25, -0.2) is 4.57 Å². The largest absolute Gasteiger partial charge is 0.708 e. The summed E-state index contributed by atoms with van der Waals surface area (Å²) in [6.07, 6.45) is 0. The Morgan fingerprint density at radius 3 is 2.18 bits per heavy atom. The molecule has 0 aliphatic rings. The molecule has 0 heterocycles. The Kier molecular flexibility index (Phi) is 7.21. The van der Waals surface area contributed by atoms with Gasteiger partial charge in [0.1, 0.15) is 0 Å². The molecule has 2 atom stereocenters. The van der Waals surface area contributed by atoms with Gasteiger partial charge in [0.05, 0.1) is 7.11 Å². The smallest absolute Gasteiger partial charge is 0.300 e. The van der Waals surface area contributed by atoms with Crippen LogP contribution in [0.1, 0.15) is 7.43 Å². The van der Waals surface area contributed by atoms with Crippen molar-refractivity contribution >= 4 is 16.1 Å². The van der Waals surface area contributed by atoms with Crippen molar-refractivity contribution in [1.82, 2.24) is 0 Å². The fraction of sp³-hybridized carbons (Fsp3) is 1.00. The first-order valence-electron chi connectivity index (χ1n) is 2.11. The highest BCUT2D eigenvalue weighted by Gasteiger charge is 2.35. The van der Waals surface area contributed by atoms with E-state index >= 15 is 0 Å². The minimum Gasteiger partial charge on any atom is -0.300 e. The summed E-state index contributed by atoms with van der Waals surface area (Å²) in [5.41, 5.74) is 0. The number of rotatable bonds is 4. The van der Waals surface area contributed by atoms with E-state index < -0.39 is 16.1 Å². The molecule has 0 aromatic heterocycles. The Bertz CT molecular complexity index is 167. The summed E-state index contributed by atoms with van der Waals surface area (Å²) in [5.74, 6) is 0. The van der Waals surface area contributed by atoms with Crippen LogP contribution < -0.4 is 0 Å². The van der Waals surface area contributed by atoms with E-state index in [4.69, 9.17) is 4.89 Å². The normalized spacial score (nSPS) is 16.5. The molecule has 0 saturated heterocycles. The molecule has 2 unspecified atom stereocenters. The lowest BCUT2D eigenvalue weighted by Crippen LogP contribution is -1.83. The Morgan fingerprint density at radius 2 is 1.91 bits per heavy atom. The van der Waals surface area contributed by atoms with Crippen molar-refractivity contribution in [3.63, 3.8) is 0 Å². The SMILES string of the molecule is C.CO[P+](=O)OP(=O)(O)OC. The summed E-state index contributed by atoms with van der Waals surface area (Å²) in [7, 11) is -4.68. The molecule has 0 aliphatic carbocycles. The van der Waals surface area contributed by atoms with Gasteiger partial charge in [-0.3, -0.25) is 9.42 Å². The lowest BCUT2D eigenvalue weighted by atomic mass is 11.8. The highest BCUT2D eigenvalue weighted by molar-refractivity contribution is 7.55. The van der Waals surface area contributed by atoms with Crippen LogP contribution in [0, 0.1) is 0 Å². The molecule has 0 aromatic rings. The number of phosphoric ester groups is 1. The molecule has 0 saturated carbocycles.